The van der Waals surface area contributed by atoms with Crippen LogP contribution < -0.4 is 9.47 Å². The first kappa shape index (κ1) is 14.8. The summed E-state index contributed by atoms with van der Waals surface area (Å²) >= 11 is 3.35. The normalized spacial score (nSPS) is 10.0. The Hall–Kier alpha value is -1.23. The van der Waals surface area contributed by atoms with Crippen molar-refractivity contribution in [2.24, 2.45) is 0 Å². The lowest BCUT2D eigenvalue weighted by molar-refractivity contribution is 0.0788. The molecule has 4 nitrogen and oxygen atoms in total. The van der Waals surface area contributed by atoms with Gasteiger partial charge in [0.05, 0.1) is 14.2 Å². The van der Waals surface area contributed by atoms with E-state index in [1.54, 1.807) is 44.4 Å². The third-order valence-electron chi connectivity index (χ3n) is 2.62. The number of benzene rings is 1. The standard InChI is InChI=1S/C13H18BrNO3/c1-15(9-5-8-14)13(16)12-10(17-2)6-4-7-11(12)18-3/h4,6-7H,5,8-9H2,1-3H3. The number of carbonyl (C=O) groups is 1. The lowest BCUT2D eigenvalue weighted by atomic mass is 10.1. The van der Waals surface area contributed by atoms with Gasteiger partial charge in [0, 0.05) is 18.9 Å². The van der Waals surface area contributed by atoms with Gasteiger partial charge in [0.1, 0.15) is 17.1 Å². The lowest BCUT2D eigenvalue weighted by Gasteiger charge is -2.19. The molecule has 0 saturated heterocycles. The van der Waals surface area contributed by atoms with Crippen LogP contribution in [0.4, 0.5) is 0 Å². The third-order valence-corrected chi connectivity index (χ3v) is 3.18. The van der Waals surface area contributed by atoms with E-state index in [1.165, 1.54) is 0 Å². The molecule has 18 heavy (non-hydrogen) atoms. The first-order valence-corrected chi connectivity index (χ1v) is 6.80. The average molecular weight is 316 g/mol. The molecule has 1 aromatic carbocycles. The summed E-state index contributed by atoms with van der Waals surface area (Å²) in [5.74, 6) is 0.973. The Morgan fingerprint density at radius 1 is 1.28 bits per heavy atom. The highest BCUT2D eigenvalue weighted by Crippen LogP contribution is 2.29. The van der Waals surface area contributed by atoms with Crippen LogP contribution in [0.15, 0.2) is 18.2 Å². The van der Waals surface area contributed by atoms with Gasteiger partial charge in [-0.1, -0.05) is 22.0 Å². The zero-order chi connectivity index (χ0) is 13.5. The van der Waals surface area contributed by atoms with Gasteiger partial charge in [-0.3, -0.25) is 4.79 Å². The van der Waals surface area contributed by atoms with Crippen molar-refractivity contribution in [3.63, 3.8) is 0 Å². The van der Waals surface area contributed by atoms with Crippen LogP contribution in [-0.2, 0) is 0 Å². The second-order valence-corrected chi connectivity index (χ2v) is 4.60. The first-order chi connectivity index (χ1) is 8.65. The highest BCUT2D eigenvalue weighted by atomic mass is 79.9. The highest BCUT2D eigenvalue weighted by molar-refractivity contribution is 9.09. The molecular formula is C13H18BrNO3. The largest absolute Gasteiger partial charge is 0.496 e. The number of nitrogens with zero attached hydrogens (tertiary/aromatic N) is 1. The number of methoxy groups -OCH3 is 2. The van der Waals surface area contributed by atoms with Gasteiger partial charge < -0.3 is 14.4 Å². The van der Waals surface area contributed by atoms with E-state index in [9.17, 15) is 4.79 Å². The monoisotopic (exact) mass is 315 g/mol. The summed E-state index contributed by atoms with van der Waals surface area (Å²) in [5, 5.41) is 0.869. The SMILES string of the molecule is COc1cccc(OC)c1C(=O)N(C)CCCBr. The van der Waals surface area contributed by atoms with Crippen molar-refractivity contribution in [1.82, 2.24) is 4.90 Å². The quantitative estimate of drug-likeness (QED) is 0.757. The van der Waals surface area contributed by atoms with Gasteiger partial charge in [0.15, 0.2) is 0 Å². The summed E-state index contributed by atoms with van der Waals surface area (Å²) in [6.45, 7) is 0.686. The Morgan fingerprint density at radius 2 is 1.83 bits per heavy atom. The first-order valence-electron chi connectivity index (χ1n) is 5.68. The summed E-state index contributed by atoms with van der Waals surface area (Å²) in [5.41, 5.74) is 0.472. The van der Waals surface area contributed by atoms with Crippen molar-refractivity contribution < 1.29 is 14.3 Å². The minimum absolute atomic E-state index is 0.0924. The number of carbonyl (C=O) groups excluding carboxylic acids is 1. The second-order valence-electron chi connectivity index (χ2n) is 3.81. The molecular weight excluding hydrogens is 298 g/mol. The summed E-state index contributed by atoms with van der Waals surface area (Å²) < 4.78 is 10.5. The molecule has 100 valence electrons. The molecule has 0 spiro atoms. The third kappa shape index (κ3) is 3.38. The van der Waals surface area contributed by atoms with Crippen LogP contribution in [-0.4, -0.2) is 43.9 Å². The molecule has 0 aliphatic carbocycles. The molecule has 0 unspecified atom stereocenters. The zero-order valence-electron chi connectivity index (χ0n) is 10.9. The molecule has 5 heteroatoms. The lowest BCUT2D eigenvalue weighted by Crippen LogP contribution is -2.28. The van der Waals surface area contributed by atoms with Crippen LogP contribution in [0.2, 0.25) is 0 Å². The molecule has 1 amide bonds. The molecule has 0 aromatic heterocycles. The molecule has 0 fully saturated rings. The summed E-state index contributed by atoms with van der Waals surface area (Å²) in [4.78, 5) is 14.0. The molecule has 0 aliphatic heterocycles. The van der Waals surface area contributed by atoms with Crippen LogP contribution in [0.5, 0.6) is 11.5 Å². The number of hydrogen-bond donors (Lipinski definition) is 0. The Balaban J connectivity index is 3.02. The number of amides is 1. The van der Waals surface area contributed by atoms with E-state index < -0.39 is 0 Å². The van der Waals surface area contributed by atoms with Gasteiger partial charge in [-0.2, -0.15) is 0 Å². The predicted octanol–water partition coefficient (Wildman–Crippen LogP) is 2.56. The molecule has 0 saturated carbocycles. The number of ether oxygens (including phenoxy) is 2. The molecule has 0 radical (unpaired) electrons. The van der Waals surface area contributed by atoms with Crippen LogP contribution in [0, 0.1) is 0 Å². The Labute approximate surface area is 116 Å². The van der Waals surface area contributed by atoms with E-state index in [4.69, 9.17) is 9.47 Å². The van der Waals surface area contributed by atoms with Crippen LogP contribution in [0.3, 0.4) is 0 Å². The number of alkyl halides is 1. The maximum Gasteiger partial charge on any atom is 0.261 e. The van der Waals surface area contributed by atoms with Gasteiger partial charge in [-0.05, 0) is 18.6 Å². The Morgan fingerprint density at radius 3 is 2.28 bits per heavy atom. The highest BCUT2D eigenvalue weighted by Gasteiger charge is 2.21. The van der Waals surface area contributed by atoms with Crippen molar-refractivity contribution in [1.29, 1.82) is 0 Å². The van der Waals surface area contributed by atoms with Gasteiger partial charge in [-0.15, -0.1) is 0 Å². The molecule has 1 rings (SSSR count). The molecule has 0 atom stereocenters. The van der Waals surface area contributed by atoms with Crippen molar-refractivity contribution in [3.05, 3.63) is 23.8 Å². The fraction of sp³-hybridized carbons (Fsp3) is 0.462. The van der Waals surface area contributed by atoms with Crippen LogP contribution in [0.25, 0.3) is 0 Å². The van der Waals surface area contributed by atoms with Crippen molar-refractivity contribution >= 4 is 21.8 Å². The molecule has 1 aromatic rings. The molecule has 0 aliphatic rings. The number of halogens is 1. The minimum atomic E-state index is -0.0924. The van der Waals surface area contributed by atoms with Crippen molar-refractivity contribution in [3.8, 4) is 11.5 Å². The van der Waals surface area contributed by atoms with Crippen LogP contribution >= 0.6 is 15.9 Å². The van der Waals surface area contributed by atoms with Gasteiger partial charge in [0.2, 0.25) is 0 Å². The second kappa shape index (κ2) is 7.26. The van der Waals surface area contributed by atoms with Gasteiger partial charge in [-0.25, -0.2) is 0 Å². The van der Waals surface area contributed by atoms with Crippen molar-refractivity contribution in [2.75, 3.05) is 33.1 Å². The van der Waals surface area contributed by atoms with Crippen LogP contribution in [0.1, 0.15) is 16.8 Å². The van der Waals surface area contributed by atoms with E-state index >= 15 is 0 Å². The smallest absolute Gasteiger partial charge is 0.261 e. The number of rotatable bonds is 6. The van der Waals surface area contributed by atoms with E-state index in [-0.39, 0.29) is 5.91 Å². The number of hydrogen-bond acceptors (Lipinski definition) is 3. The minimum Gasteiger partial charge on any atom is -0.496 e. The summed E-state index contributed by atoms with van der Waals surface area (Å²) in [6, 6.07) is 5.31. The van der Waals surface area contributed by atoms with Crippen molar-refractivity contribution in [2.45, 2.75) is 6.42 Å². The predicted molar refractivity (Wildman–Crippen MR) is 74.9 cm³/mol. The Kier molecular flexibility index (Phi) is 5.98. The average Bonchev–Trinajstić information content (AvgIpc) is 2.42. The van der Waals surface area contributed by atoms with E-state index in [0.29, 0.717) is 23.6 Å². The molecule has 0 N–H and O–H groups in total. The maximum absolute atomic E-state index is 12.4. The van der Waals surface area contributed by atoms with E-state index in [1.807, 2.05) is 0 Å². The summed E-state index contributed by atoms with van der Waals surface area (Å²) in [7, 11) is 4.87. The fourth-order valence-corrected chi connectivity index (χ4v) is 1.90. The van der Waals surface area contributed by atoms with E-state index in [0.717, 1.165) is 11.8 Å². The zero-order valence-corrected chi connectivity index (χ0v) is 12.5. The molecule has 0 heterocycles. The summed E-state index contributed by atoms with van der Waals surface area (Å²) in [6.07, 6.45) is 0.902. The Bertz CT molecular complexity index is 387. The van der Waals surface area contributed by atoms with Gasteiger partial charge >= 0.3 is 0 Å². The van der Waals surface area contributed by atoms with E-state index in [2.05, 4.69) is 15.9 Å². The topological polar surface area (TPSA) is 38.8 Å². The maximum atomic E-state index is 12.4. The van der Waals surface area contributed by atoms with Gasteiger partial charge in [0.25, 0.3) is 5.91 Å². The fourth-order valence-electron chi connectivity index (χ4n) is 1.65. The molecule has 0 bridgehead atoms.